The molecule has 7 nitrogen and oxygen atoms in total. The van der Waals surface area contributed by atoms with Gasteiger partial charge in [-0.05, 0) is 43.2 Å². The van der Waals surface area contributed by atoms with Crippen molar-refractivity contribution in [3.63, 3.8) is 0 Å². The molecule has 2 N–H and O–H groups in total. The van der Waals surface area contributed by atoms with E-state index in [2.05, 4.69) is 41.3 Å². The monoisotopic (exact) mass is 531 g/mol. The van der Waals surface area contributed by atoms with Gasteiger partial charge in [0.2, 0.25) is 5.88 Å². The van der Waals surface area contributed by atoms with Crippen LogP contribution < -0.4 is 15.4 Å². The highest BCUT2D eigenvalue weighted by atomic mass is 127. The third kappa shape index (κ3) is 8.55. The predicted octanol–water partition coefficient (Wildman–Crippen LogP) is 2.90. The van der Waals surface area contributed by atoms with Crippen molar-refractivity contribution in [3.8, 4) is 5.88 Å². The second-order valence-corrected chi connectivity index (χ2v) is 8.29. The maximum Gasteiger partial charge on any atom is 0.213 e. The highest BCUT2D eigenvalue weighted by Crippen LogP contribution is 2.29. The summed E-state index contributed by atoms with van der Waals surface area (Å²) in [5.74, 6) is 2.84. The molecule has 2 aliphatic rings. The van der Waals surface area contributed by atoms with Gasteiger partial charge in [-0.1, -0.05) is 13.8 Å². The van der Waals surface area contributed by atoms with E-state index in [4.69, 9.17) is 14.5 Å². The van der Waals surface area contributed by atoms with Crippen LogP contribution >= 0.6 is 24.0 Å². The molecule has 8 heteroatoms. The molecule has 2 heterocycles. The minimum Gasteiger partial charge on any atom is -0.477 e. The molecule has 30 heavy (non-hydrogen) atoms. The van der Waals surface area contributed by atoms with Crippen LogP contribution in [0.3, 0.4) is 0 Å². The number of halogens is 1. The first-order valence-electron chi connectivity index (χ1n) is 11.1. The van der Waals surface area contributed by atoms with Crippen molar-refractivity contribution in [1.29, 1.82) is 0 Å². The Balaban J connectivity index is 0.00000320. The Kier molecular flexibility index (Phi) is 11.2. The van der Waals surface area contributed by atoms with Gasteiger partial charge in [-0.2, -0.15) is 0 Å². The average molecular weight is 531 g/mol. The molecule has 1 saturated heterocycles. The summed E-state index contributed by atoms with van der Waals surface area (Å²) in [6.45, 7) is 13.4. The molecule has 0 amide bonds. The number of hydrogen-bond donors (Lipinski definition) is 2. The lowest BCUT2D eigenvalue weighted by Gasteiger charge is -2.37. The summed E-state index contributed by atoms with van der Waals surface area (Å²) in [6.07, 6.45) is 4.37. The van der Waals surface area contributed by atoms with Crippen molar-refractivity contribution in [3.05, 3.63) is 23.9 Å². The zero-order chi connectivity index (χ0) is 20.5. The number of ether oxygens (including phenoxy) is 2. The standard InChI is InChI=1S/C22H37N5O2.HI/c1-4-23-22(26-15-20(17(2)3)27-9-11-28-12-10-27)25-14-19-7-8-24-21(13-19)29-16-18-5-6-18;/h7-8,13,17-18,20H,4-6,9-12,14-16H2,1-3H3,(H2,23,25,26);1H. The number of aromatic nitrogens is 1. The molecule has 1 aromatic rings. The quantitative estimate of drug-likeness (QED) is 0.275. The molecular formula is C22H38IN5O2. The lowest BCUT2D eigenvalue weighted by Crippen LogP contribution is -2.52. The Morgan fingerprint density at radius 2 is 2.07 bits per heavy atom. The molecule has 1 unspecified atom stereocenters. The Morgan fingerprint density at radius 3 is 2.73 bits per heavy atom. The zero-order valence-electron chi connectivity index (χ0n) is 18.6. The number of rotatable bonds is 10. The summed E-state index contributed by atoms with van der Waals surface area (Å²) >= 11 is 0. The molecule has 1 atom stereocenters. The fourth-order valence-corrected chi connectivity index (χ4v) is 3.52. The van der Waals surface area contributed by atoms with Gasteiger partial charge in [-0.3, -0.25) is 4.90 Å². The van der Waals surface area contributed by atoms with Gasteiger partial charge in [0.05, 0.1) is 26.4 Å². The molecule has 2 fully saturated rings. The average Bonchev–Trinajstić information content (AvgIpc) is 3.56. The van der Waals surface area contributed by atoms with Crippen LogP contribution in [0.2, 0.25) is 0 Å². The number of hydrogen-bond acceptors (Lipinski definition) is 5. The first-order chi connectivity index (χ1) is 14.2. The van der Waals surface area contributed by atoms with E-state index in [1.807, 2.05) is 12.1 Å². The third-order valence-electron chi connectivity index (χ3n) is 5.49. The number of aliphatic imine (C=N–C) groups is 1. The maximum absolute atomic E-state index is 5.79. The molecule has 1 aromatic heterocycles. The van der Waals surface area contributed by atoms with E-state index in [0.29, 0.717) is 24.4 Å². The van der Waals surface area contributed by atoms with Crippen LogP contribution in [0.15, 0.2) is 23.3 Å². The second-order valence-electron chi connectivity index (χ2n) is 8.29. The van der Waals surface area contributed by atoms with Crippen molar-refractivity contribution in [2.75, 3.05) is 46.0 Å². The fraction of sp³-hybridized carbons (Fsp3) is 0.727. The van der Waals surface area contributed by atoms with E-state index < -0.39 is 0 Å². The number of guanidine groups is 1. The molecular weight excluding hydrogens is 493 g/mol. The normalized spacial score (nSPS) is 18.6. The minimum absolute atomic E-state index is 0. The zero-order valence-corrected chi connectivity index (χ0v) is 20.9. The lowest BCUT2D eigenvalue weighted by atomic mass is 10.0. The summed E-state index contributed by atoms with van der Waals surface area (Å²) in [7, 11) is 0. The van der Waals surface area contributed by atoms with Crippen molar-refractivity contribution < 1.29 is 9.47 Å². The number of nitrogens with zero attached hydrogens (tertiary/aromatic N) is 3. The number of nitrogens with one attached hydrogen (secondary N) is 2. The van der Waals surface area contributed by atoms with E-state index in [1.165, 1.54) is 12.8 Å². The number of morpholine rings is 1. The molecule has 3 rings (SSSR count). The summed E-state index contributed by atoms with van der Waals surface area (Å²) in [6, 6.07) is 4.47. The molecule has 0 spiro atoms. The van der Waals surface area contributed by atoms with Crippen LogP contribution in [0.25, 0.3) is 0 Å². The smallest absolute Gasteiger partial charge is 0.213 e. The Labute approximate surface area is 198 Å². The highest BCUT2D eigenvalue weighted by Gasteiger charge is 2.24. The van der Waals surface area contributed by atoms with E-state index in [-0.39, 0.29) is 24.0 Å². The van der Waals surface area contributed by atoms with E-state index >= 15 is 0 Å². The molecule has 1 aliphatic heterocycles. The molecule has 1 aliphatic carbocycles. The van der Waals surface area contributed by atoms with Gasteiger partial charge in [-0.25, -0.2) is 9.98 Å². The molecule has 0 radical (unpaired) electrons. The van der Waals surface area contributed by atoms with Crippen molar-refractivity contribution in [2.24, 2.45) is 16.8 Å². The van der Waals surface area contributed by atoms with Crippen molar-refractivity contribution in [1.82, 2.24) is 20.5 Å². The van der Waals surface area contributed by atoms with Crippen LogP contribution in [0.5, 0.6) is 5.88 Å². The Morgan fingerprint density at radius 1 is 1.30 bits per heavy atom. The van der Waals surface area contributed by atoms with Gasteiger partial charge in [0.15, 0.2) is 5.96 Å². The van der Waals surface area contributed by atoms with Gasteiger partial charge in [0.25, 0.3) is 0 Å². The third-order valence-corrected chi connectivity index (χ3v) is 5.49. The van der Waals surface area contributed by atoms with Crippen molar-refractivity contribution in [2.45, 2.75) is 46.2 Å². The molecule has 0 bridgehead atoms. The van der Waals surface area contributed by atoms with Gasteiger partial charge in [-0.15, -0.1) is 24.0 Å². The lowest BCUT2D eigenvalue weighted by molar-refractivity contribution is 0.00752. The van der Waals surface area contributed by atoms with Gasteiger partial charge >= 0.3 is 0 Å². The largest absolute Gasteiger partial charge is 0.477 e. The molecule has 0 aromatic carbocycles. The van der Waals surface area contributed by atoms with Crippen LogP contribution in [-0.4, -0.2) is 67.9 Å². The fourth-order valence-electron chi connectivity index (χ4n) is 3.52. The van der Waals surface area contributed by atoms with Gasteiger partial charge in [0.1, 0.15) is 0 Å². The summed E-state index contributed by atoms with van der Waals surface area (Å²) in [5, 5.41) is 6.90. The second kappa shape index (κ2) is 13.3. The topological polar surface area (TPSA) is 71.0 Å². The van der Waals surface area contributed by atoms with Gasteiger partial charge in [0, 0.05) is 44.5 Å². The maximum atomic E-state index is 5.79. The molecule has 170 valence electrons. The Bertz CT molecular complexity index is 648. The summed E-state index contributed by atoms with van der Waals surface area (Å²) in [5.41, 5.74) is 1.11. The number of pyridine rings is 1. The van der Waals surface area contributed by atoms with E-state index in [9.17, 15) is 0 Å². The summed E-state index contributed by atoms with van der Waals surface area (Å²) in [4.78, 5) is 11.6. The summed E-state index contributed by atoms with van der Waals surface area (Å²) < 4.78 is 11.3. The van der Waals surface area contributed by atoms with Crippen molar-refractivity contribution >= 4 is 29.9 Å². The highest BCUT2D eigenvalue weighted by molar-refractivity contribution is 14.0. The van der Waals surface area contributed by atoms with Crippen LogP contribution in [0.1, 0.15) is 39.2 Å². The van der Waals surface area contributed by atoms with Crippen LogP contribution in [0, 0.1) is 11.8 Å². The van der Waals surface area contributed by atoms with Gasteiger partial charge < -0.3 is 20.1 Å². The SMILES string of the molecule is CCNC(=NCc1ccnc(OCC2CC2)c1)NCC(C(C)C)N1CCOCC1.I. The molecule has 1 saturated carbocycles. The first kappa shape index (κ1) is 25.1. The van der Waals surface area contributed by atoms with E-state index in [0.717, 1.165) is 63.4 Å². The predicted molar refractivity (Wildman–Crippen MR) is 132 cm³/mol. The van der Waals surface area contributed by atoms with E-state index in [1.54, 1.807) is 6.20 Å². The van der Waals surface area contributed by atoms with Crippen LogP contribution in [0.4, 0.5) is 0 Å². The Hall–Kier alpha value is -1.13. The van der Waals surface area contributed by atoms with Crippen LogP contribution in [-0.2, 0) is 11.3 Å². The minimum atomic E-state index is 0. The first-order valence-corrected chi connectivity index (χ1v) is 11.1.